The van der Waals surface area contributed by atoms with Crippen LogP contribution in [0.25, 0.3) is 0 Å². The van der Waals surface area contributed by atoms with Crippen LogP contribution in [-0.2, 0) is 4.74 Å². The van der Waals surface area contributed by atoms with Crippen LogP contribution in [-0.4, -0.2) is 27.4 Å². The lowest BCUT2D eigenvalue weighted by Crippen LogP contribution is -2.07. The molecule has 3 N–H and O–H groups in total. The topological polar surface area (TPSA) is 103 Å². The zero-order chi connectivity index (χ0) is 13.1. The van der Waals surface area contributed by atoms with Crippen molar-refractivity contribution in [1.29, 1.82) is 0 Å². The molecule has 0 bridgehead atoms. The first-order valence-corrected chi connectivity index (χ1v) is 5.78. The van der Waals surface area contributed by atoms with Crippen molar-refractivity contribution in [2.24, 2.45) is 0 Å². The van der Waals surface area contributed by atoms with Crippen LogP contribution in [0.1, 0.15) is 16.2 Å². The minimum atomic E-state index is -0.508. The number of nitrogens with two attached hydrogens (primary N) is 1. The van der Waals surface area contributed by atoms with Gasteiger partial charge in [-0.25, -0.2) is 14.8 Å². The molecule has 0 aromatic carbocycles. The fraction of sp³-hybridized carbons (Fsp3) is 0.200. The molecule has 0 aliphatic carbocycles. The minimum absolute atomic E-state index is 0.260. The summed E-state index contributed by atoms with van der Waals surface area (Å²) in [6.45, 7) is 1.79. The number of rotatable bonds is 3. The highest BCUT2D eigenvalue weighted by molar-refractivity contribution is 7.09. The molecule has 0 saturated heterocycles. The Balaban J connectivity index is 2.27. The fourth-order valence-electron chi connectivity index (χ4n) is 1.28. The Hall–Kier alpha value is -2.22. The number of ether oxygens (including phenoxy) is 1. The van der Waals surface area contributed by atoms with Crippen LogP contribution >= 0.6 is 11.5 Å². The molecule has 8 heteroatoms. The van der Waals surface area contributed by atoms with Gasteiger partial charge in [0.15, 0.2) is 0 Å². The van der Waals surface area contributed by atoms with Gasteiger partial charge < -0.3 is 15.8 Å². The Bertz CT molecular complexity index is 583. The van der Waals surface area contributed by atoms with Gasteiger partial charge >= 0.3 is 5.97 Å². The number of methoxy groups -OCH3 is 1. The van der Waals surface area contributed by atoms with Gasteiger partial charge in [-0.2, -0.15) is 4.37 Å². The molecule has 0 aliphatic heterocycles. The number of carbonyl (C=O) groups is 1. The van der Waals surface area contributed by atoms with E-state index >= 15 is 0 Å². The smallest absolute Gasteiger partial charge is 0.340 e. The van der Waals surface area contributed by atoms with Crippen LogP contribution in [0, 0.1) is 6.92 Å². The van der Waals surface area contributed by atoms with E-state index in [1.165, 1.54) is 30.9 Å². The summed E-state index contributed by atoms with van der Waals surface area (Å²) < 4.78 is 8.65. The van der Waals surface area contributed by atoms with E-state index in [9.17, 15) is 4.79 Å². The first-order valence-electron chi connectivity index (χ1n) is 5.01. The highest BCUT2D eigenvalue weighted by Gasteiger charge is 2.12. The molecule has 94 valence electrons. The van der Waals surface area contributed by atoms with Crippen molar-refractivity contribution in [1.82, 2.24) is 14.3 Å². The molecule has 2 heterocycles. The normalized spacial score (nSPS) is 10.1. The van der Waals surface area contributed by atoms with Gasteiger partial charge in [-0.15, -0.1) is 0 Å². The third-order valence-corrected chi connectivity index (χ3v) is 2.82. The molecule has 0 spiro atoms. The van der Waals surface area contributed by atoms with Gasteiger partial charge in [0.2, 0.25) is 5.13 Å². The summed E-state index contributed by atoms with van der Waals surface area (Å²) in [6.07, 6.45) is 1.39. The SMILES string of the molecule is COC(=O)c1cc(Nc2nc(C)ns2)ncc1N. The van der Waals surface area contributed by atoms with E-state index in [0.717, 1.165) is 0 Å². The molecule has 7 nitrogen and oxygen atoms in total. The van der Waals surface area contributed by atoms with Gasteiger partial charge in [-0.05, 0) is 13.0 Å². The summed E-state index contributed by atoms with van der Waals surface area (Å²) in [5.41, 5.74) is 6.17. The molecule has 0 radical (unpaired) electrons. The zero-order valence-corrected chi connectivity index (χ0v) is 10.6. The van der Waals surface area contributed by atoms with Crippen molar-refractivity contribution in [2.45, 2.75) is 6.92 Å². The number of aromatic nitrogens is 3. The Kier molecular flexibility index (Phi) is 3.38. The van der Waals surface area contributed by atoms with E-state index in [0.29, 0.717) is 16.8 Å². The monoisotopic (exact) mass is 265 g/mol. The maximum Gasteiger partial charge on any atom is 0.340 e. The van der Waals surface area contributed by atoms with Gasteiger partial charge in [0.25, 0.3) is 0 Å². The van der Waals surface area contributed by atoms with E-state index in [2.05, 4.69) is 24.4 Å². The van der Waals surface area contributed by atoms with E-state index in [1.54, 1.807) is 6.92 Å². The molecule has 0 fully saturated rings. The van der Waals surface area contributed by atoms with Crippen molar-refractivity contribution < 1.29 is 9.53 Å². The number of pyridine rings is 1. The third kappa shape index (κ3) is 2.54. The van der Waals surface area contributed by atoms with Gasteiger partial charge in [-0.3, -0.25) is 0 Å². The number of hydrogen-bond donors (Lipinski definition) is 2. The van der Waals surface area contributed by atoms with Gasteiger partial charge in [0.1, 0.15) is 11.6 Å². The molecule has 0 aliphatic rings. The largest absolute Gasteiger partial charge is 0.465 e. The van der Waals surface area contributed by atoms with Gasteiger partial charge in [-0.1, -0.05) is 0 Å². The van der Waals surface area contributed by atoms with Crippen molar-refractivity contribution in [3.8, 4) is 0 Å². The fourth-order valence-corrected chi connectivity index (χ4v) is 1.86. The van der Waals surface area contributed by atoms with Crippen molar-refractivity contribution >= 4 is 34.1 Å². The van der Waals surface area contributed by atoms with E-state index in [1.807, 2.05) is 0 Å². The number of nitrogens with one attached hydrogen (secondary N) is 1. The molecule has 0 amide bonds. The summed E-state index contributed by atoms with van der Waals surface area (Å²) in [7, 11) is 1.30. The lowest BCUT2D eigenvalue weighted by Gasteiger charge is -2.06. The summed E-state index contributed by atoms with van der Waals surface area (Å²) in [6, 6.07) is 1.51. The number of nitrogen functional groups attached to an aromatic ring is 1. The highest BCUT2D eigenvalue weighted by atomic mass is 32.1. The van der Waals surface area contributed by atoms with Crippen LogP contribution in [0.5, 0.6) is 0 Å². The van der Waals surface area contributed by atoms with Crippen molar-refractivity contribution in [3.63, 3.8) is 0 Å². The Morgan fingerprint density at radius 3 is 2.94 bits per heavy atom. The van der Waals surface area contributed by atoms with Gasteiger partial charge in [0, 0.05) is 11.5 Å². The number of aryl methyl sites for hydroxylation is 1. The first-order chi connectivity index (χ1) is 8.60. The van der Waals surface area contributed by atoms with Crippen LogP contribution in [0.2, 0.25) is 0 Å². The third-order valence-electron chi connectivity index (χ3n) is 2.10. The van der Waals surface area contributed by atoms with Crippen molar-refractivity contribution in [2.75, 3.05) is 18.2 Å². The minimum Gasteiger partial charge on any atom is -0.465 e. The lowest BCUT2D eigenvalue weighted by atomic mass is 10.2. The summed E-state index contributed by atoms with van der Waals surface area (Å²) in [4.78, 5) is 19.6. The predicted octanol–water partition coefficient (Wildman–Crippen LogP) is 1.35. The molecule has 2 aromatic heterocycles. The Labute approximate surface area is 107 Å². The molecule has 2 rings (SSSR count). The van der Waals surface area contributed by atoms with E-state index in [4.69, 9.17) is 5.73 Å². The quantitative estimate of drug-likeness (QED) is 0.807. The van der Waals surface area contributed by atoms with Crippen LogP contribution in [0.4, 0.5) is 16.6 Å². The summed E-state index contributed by atoms with van der Waals surface area (Å²) >= 11 is 1.21. The van der Waals surface area contributed by atoms with Crippen LogP contribution in [0.3, 0.4) is 0 Å². The molecule has 0 unspecified atom stereocenters. The molecular weight excluding hydrogens is 254 g/mol. The van der Waals surface area contributed by atoms with E-state index in [-0.39, 0.29) is 11.3 Å². The second-order valence-corrected chi connectivity index (χ2v) is 4.17. The number of carbonyl (C=O) groups excluding carboxylic acids is 1. The van der Waals surface area contributed by atoms with E-state index < -0.39 is 5.97 Å². The number of esters is 1. The van der Waals surface area contributed by atoms with Crippen LogP contribution < -0.4 is 11.1 Å². The average Bonchev–Trinajstić information content (AvgIpc) is 2.76. The molecule has 2 aromatic rings. The second-order valence-electron chi connectivity index (χ2n) is 3.42. The van der Waals surface area contributed by atoms with Crippen LogP contribution in [0.15, 0.2) is 12.3 Å². The Morgan fingerprint density at radius 1 is 1.56 bits per heavy atom. The molecule has 18 heavy (non-hydrogen) atoms. The molecule has 0 saturated carbocycles. The molecular formula is C10H11N5O2S. The second kappa shape index (κ2) is 4.96. The predicted molar refractivity (Wildman–Crippen MR) is 67.9 cm³/mol. The van der Waals surface area contributed by atoms with Gasteiger partial charge in [0.05, 0.1) is 24.6 Å². The standard InChI is InChI=1S/C10H11N5O2S/c1-5-13-10(18-15-5)14-8-3-6(9(16)17-2)7(11)4-12-8/h3-4H,11H2,1-2H3,(H,12,13,14,15). The first kappa shape index (κ1) is 12.2. The molecule has 0 atom stereocenters. The maximum absolute atomic E-state index is 11.5. The maximum atomic E-state index is 11.5. The number of anilines is 3. The number of nitrogens with zero attached hydrogens (tertiary/aromatic N) is 3. The van der Waals surface area contributed by atoms with Crippen molar-refractivity contribution in [3.05, 3.63) is 23.7 Å². The number of hydrogen-bond acceptors (Lipinski definition) is 8. The summed E-state index contributed by atoms with van der Waals surface area (Å²) in [5.74, 6) is 0.623. The average molecular weight is 265 g/mol. The Morgan fingerprint density at radius 2 is 2.33 bits per heavy atom. The lowest BCUT2D eigenvalue weighted by molar-refractivity contribution is 0.0602. The summed E-state index contributed by atoms with van der Waals surface area (Å²) in [5, 5.41) is 3.54. The highest BCUT2D eigenvalue weighted by Crippen LogP contribution is 2.20. The zero-order valence-electron chi connectivity index (χ0n) is 9.80.